The molecule has 0 aliphatic rings. The number of rotatable bonds is 0. The van der Waals surface area contributed by atoms with Crippen LogP contribution >= 0.6 is 0 Å². The van der Waals surface area contributed by atoms with Crippen LogP contribution < -0.4 is 5.49 Å². The summed E-state index contributed by atoms with van der Waals surface area (Å²) in [5.74, 6) is 0. The molecular formula is C7H4N6. The molecule has 3 rings (SSSR count). The quantitative estimate of drug-likeness (QED) is 0.492. The summed E-state index contributed by atoms with van der Waals surface area (Å²) in [6, 6.07) is 0. The number of H-pyrrole nitrogens is 1. The Hall–Kier alpha value is -2.11. The highest BCUT2D eigenvalue weighted by Crippen LogP contribution is 2.16. The highest BCUT2D eigenvalue weighted by molar-refractivity contribution is 6.03. The van der Waals surface area contributed by atoms with Crippen LogP contribution in [0.1, 0.15) is 0 Å². The number of nitrogens with zero attached hydrogens (tertiary/aromatic N) is 4. The van der Waals surface area contributed by atoms with E-state index in [0.29, 0.717) is 16.7 Å². The van der Waals surface area contributed by atoms with Crippen molar-refractivity contribution in [1.82, 2.24) is 25.1 Å². The Morgan fingerprint density at radius 2 is 2.15 bits per heavy atom. The molecule has 6 heteroatoms. The Kier molecular flexibility index (Phi) is 0.974. The van der Waals surface area contributed by atoms with E-state index < -0.39 is 0 Å². The monoisotopic (exact) mass is 172 g/mol. The van der Waals surface area contributed by atoms with E-state index in [2.05, 4.69) is 25.1 Å². The molecule has 0 aliphatic carbocycles. The summed E-state index contributed by atoms with van der Waals surface area (Å²) in [4.78, 5) is 10.9. The average molecular weight is 172 g/mol. The van der Waals surface area contributed by atoms with Gasteiger partial charge < -0.3 is 4.98 Å². The predicted molar refractivity (Wildman–Crippen MR) is 44.0 cm³/mol. The highest BCUT2D eigenvalue weighted by Gasteiger charge is 2.08. The molecule has 3 aromatic rings. The van der Waals surface area contributed by atoms with Gasteiger partial charge in [0.15, 0.2) is 16.8 Å². The van der Waals surface area contributed by atoms with Gasteiger partial charge in [0.2, 0.25) is 0 Å². The van der Waals surface area contributed by atoms with Crippen LogP contribution in [0.2, 0.25) is 0 Å². The van der Waals surface area contributed by atoms with Crippen molar-refractivity contribution in [2.24, 2.45) is 0 Å². The van der Waals surface area contributed by atoms with Gasteiger partial charge in [-0.3, -0.25) is 5.41 Å². The molecular weight excluding hydrogens is 168 g/mol. The van der Waals surface area contributed by atoms with Crippen LogP contribution in [0.4, 0.5) is 0 Å². The molecule has 0 saturated carbocycles. The molecule has 0 atom stereocenters. The van der Waals surface area contributed by atoms with Gasteiger partial charge in [0.05, 0.1) is 17.1 Å². The summed E-state index contributed by atoms with van der Waals surface area (Å²) in [6.07, 6.45) is 3.11. The average Bonchev–Trinajstić information content (AvgIpc) is 2.57. The van der Waals surface area contributed by atoms with Gasteiger partial charge >= 0.3 is 0 Å². The van der Waals surface area contributed by atoms with E-state index in [1.54, 1.807) is 6.20 Å². The number of hydrogen-bond acceptors (Lipinski definition) is 5. The third-order valence-corrected chi connectivity index (χ3v) is 1.94. The van der Waals surface area contributed by atoms with Crippen molar-refractivity contribution < 1.29 is 0 Å². The van der Waals surface area contributed by atoms with Gasteiger partial charge in [-0.25, -0.2) is 9.97 Å². The molecule has 0 fully saturated rings. The van der Waals surface area contributed by atoms with Crippen LogP contribution in [0.25, 0.3) is 22.1 Å². The minimum atomic E-state index is 0.136. The number of aromatic nitrogens is 5. The zero-order chi connectivity index (χ0) is 8.84. The lowest BCUT2D eigenvalue weighted by atomic mass is 10.3. The fourth-order valence-corrected chi connectivity index (χ4v) is 1.35. The molecule has 0 bridgehead atoms. The van der Waals surface area contributed by atoms with Crippen molar-refractivity contribution in [3.8, 4) is 0 Å². The van der Waals surface area contributed by atoms with Crippen molar-refractivity contribution in [3.63, 3.8) is 0 Å². The fourth-order valence-electron chi connectivity index (χ4n) is 1.35. The third-order valence-electron chi connectivity index (χ3n) is 1.94. The van der Waals surface area contributed by atoms with E-state index in [0.717, 1.165) is 5.39 Å². The molecule has 0 unspecified atom stereocenters. The van der Waals surface area contributed by atoms with Crippen LogP contribution in [0.3, 0.4) is 0 Å². The molecule has 62 valence electrons. The van der Waals surface area contributed by atoms with Crippen LogP contribution in [-0.2, 0) is 0 Å². The van der Waals surface area contributed by atoms with E-state index >= 15 is 0 Å². The topological polar surface area (TPSA) is 91.2 Å². The third kappa shape index (κ3) is 0.689. The Balaban J connectivity index is 2.81. The lowest BCUT2D eigenvalue weighted by molar-refractivity contribution is 0.966. The maximum absolute atomic E-state index is 7.48. The molecule has 13 heavy (non-hydrogen) atoms. The van der Waals surface area contributed by atoms with Crippen molar-refractivity contribution in [2.45, 2.75) is 0 Å². The minimum Gasteiger partial charge on any atom is -0.329 e. The van der Waals surface area contributed by atoms with Crippen LogP contribution in [0.5, 0.6) is 0 Å². The number of aromatic amines is 1. The molecule has 0 radical (unpaired) electrons. The first-order valence-electron chi connectivity index (χ1n) is 3.69. The van der Waals surface area contributed by atoms with Crippen molar-refractivity contribution in [2.75, 3.05) is 0 Å². The molecule has 2 N–H and O–H groups in total. The van der Waals surface area contributed by atoms with E-state index in [1.807, 2.05) is 0 Å². The molecule has 0 aromatic carbocycles. The van der Waals surface area contributed by atoms with Crippen LogP contribution in [0.15, 0.2) is 12.5 Å². The van der Waals surface area contributed by atoms with Crippen LogP contribution in [-0.4, -0.2) is 25.1 Å². The molecule has 0 saturated heterocycles. The molecule has 0 aliphatic heterocycles. The van der Waals surface area contributed by atoms with Gasteiger partial charge in [0.25, 0.3) is 0 Å². The second kappa shape index (κ2) is 1.98. The SMILES string of the molecule is N=c1nnc2[nH]cnc3ncc1c32. The number of nitrogens with one attached hydrogen (secondary N) is 2. The zero-order valence-corrected chi connectivity index (χ0v) is 6.44. The molecule has 3 heterocycles. The Morgan fingerprint density at radius 3 is 3.08 bits per heavy atom. The van der Waals surface area contributed by atoms with E-state index in [-0.39, 0.29) is 5.49 Å². The summed E-state index contributed by atoms with van der Waals surface area (Å²) in [5, 5.41) is 16.5. The largest absolute Gasteiger partial charge is 0.329 e. The summed E-state index contributed by atoms with van der Waals surface area (Å²) >= 11 is 0. The van der Waals surface area contributed by atoms with Gasteiger partial charge in [-0.1, -0.05) is 0 Å². The number of hydrogen-bond donors (Lipinski definition) is 2. The van der Waals surface area contributed by atoms with E-state index in [9.17, 15) is 0 Å². The van der Waals surface area contributed by atoms with E-state index in [4.69, 9.17) is 5.41 Å². The van der Waals surface area contributed by atoms with Gasteiger partial charge in [0, 0.05) is 6.20 Å². The first-order chi connectivity index (χ1) is 6.36. The minimum absolute atomic E-state index is 0.136. The predicted octanol–water partition coefficient (Wildman–Crippen LogP) is -0.182. The Morgan fingerprint density at radius 1 is 1.23 bits per heavy atom. The Labute approximate surface area is 71.5 Å². The van der Waals surface area contributed by atoms with Crippen LogP contribution in [0, 0.1) is 5.41 Å². The summed E-state index contributed by atoms with van der Waals surface area (Å²) in [7, 11) is 0. The van der Waals surface area contributed by atoms with Gasteiger partial charge in [-0.15, -0.1) is 10.2 Å². The summed E-state index contributed by atoms with van der Waals surface area (Å²) in [5.41, 5.74) is 1.36. The van der Waals surface area contributed by atoms with Gasteiger partial charge in [-0.05, 0) is 0 Å². The lowest BCUT2D eigenvalue weighted by Crippen LogP contribution is -2.07. The Bertz CT molecular complexity index is 627. The second-order valence-corrected chi connectivity index (χ2v) is 2.67. The highest BCUT2D eigenvalue weighted by atomic mass is 15.1. The standard InChI is InChI=1S/C7H4N6/c8-5-3-1-9-6-4(3)7(13-12-5)11-2-10-6/h1-2,8H,(H,9,10,11). The zero-order valence-electron chi connectivity index (χ0n) is 6.44. The van der Waals surface area contributed by atoms with Crippen molar-refractivity contribution in [1.29, 1.82) is 5.41 Å². The first kappa shape index (κ1) is 6.41. The smallest absolute Gasteiger partial charge is 0.176 e. The van der Waals surface area contributed by atoms with Gasteiger partial charge in [0.1, 0.15) is 0 Å². The molecule has 0 amide bonds. The lowest BCUT2D eigenvalue weighted by Gasteiger charge is -1.93. The van der Waals surface area contributed by atoms with Crippen molar-refractivity contribution >= 4 is 22.1 Å². The molecule has 6 nitrogen and oxygen atoms in total. The fraction of sp³-hybridized carbons (Fsp3) is 0. The van der Waals surface area contributed by atoms with E-state index in [1.165, 1.54) is 6.33 Å². The first-order valence-corrected chi connectivity index (χ1v) is 3.69. The second-order valence-electron chi connectivity index (χ2n) is 2.67. The van der Waals surface area contributed by atoms with Crippen molar-refractivity contribution in [3.05, 3.63) is 18.0 Å². The summed E-state index contributed by atoms with van der Waals surface area (Å²) < 4.78 is 0. The maximum atomic E-state index is 7.48. The normalized spacial score (nSPS) is 11.4. The summed E-state index contributed by atoms with van der Waals surface area (Å²) in [6.45, 7) is 0. The molecule has 3 aromatic heterocycles. The van der Waals surface area contributed by atoms with Gasteiger partial charge in [-0.2, -0.15) is 0 Å². The molecule has 0 spiro atoms. The maximum Gasteiger partial charge on any atom is 0.176 e.